The molecular weight excluding hydrogens is 318 g/mol. The number of ether oxygens (including phenoxy) is 3. The average molecular weight is 341 g/mol. The van der Waals surface area contributed by atoms with Crippen molar-refractivity contribution in [2.45, 2.75) is 32.8 Å². The first-order valence-corrected chi connectivity index (χ1v) is 8.48. The molecule has 0 aromatic heterocycles. The molecular formula is C20H23NO4. The number of carbonyl (C=O) groups excluding carboxylic acids is 1. The second-order valence-electron chi connectivity index (χ2n) is 6.09. The highest BCUT2D eigenvalue weighted by molar-refractivity contribution is 5.94. The fourth-order valence-corrected chi connectivity index (χ4v) is 2.94. The summed E-state index contributed by atoms with van der Waals surface area (Å²) in [6.45, 7) is 4.49. The highest BCUT2D eigenvalue weighted by atomic mass is 16.5. The highest BCUT2D eigenvalue weighted by Gasteiger charge is 2.22. The van der Waals surface area contributed by atoms with Gasteiger partial charge in [-0.1, -0.05) is 12.1 Å². The standard InChI is InChI=1S/C20H23NO4/c1-4-24-19-11-15-9-13(2)25-18(15)12-17(19)21-20(22)10-14-5-7-16(23-3)8-6-14/h5-8,11-13H,4,9-10H2,1-3H3,(H,21,22)/t13-/m1/s1. The number of hydrogen-bond acceptors (Lipinski definition) is 4. The predicted octanol–water partition coefficient (Wildman–Crippen LogP) is 3.60. The number of methoxy groups -OCH3 is 1. The van der Waals surface area contributed by atoms with E-state index in [9.17, 15) is 4.79 Å². The minimum absolute atomic E-state index is 0.0999. The van der Waals surface area contributed by atoms with Crippen LogP contribution in [0.15, 0.2) is 36.4 Å². The molecule has 0 bridgehead atoms. The minimum atomic E-state index is -0.0999. The molecule has 1 amide bonds. The Balaban J connectivity index is 1.74. The molecule has 2 aromatic carbocycles. The second-order valence-corrected chi connectivity index (χ2v) is 6.09. The number of rotatable bonds is 6. The maximum absolute atomic E-state index is 12.4. The van der Waals surface area contributed by atoms with Crippen molar-refractivity contribution in [3.8, 4) is 17.2 Å². The van der Waals surface area contributed by atoms with Crippen LogP contribution < -0.4 is 19.5 Å². The molecule has 1 aliphatic rings. The summed E-state index contributed by atoms with van der Waals surface area (Å²) in [5.41, 5.74) is 2.68. The van der Waals surface area contributed by atoms with Crippen LogP contribution >= 0.6 is 0 Å². The molecule has 0 unspecified atom stereocenters. The van der Waals surface area contributed by atoms with Crippen LogP contribution in [0.5, 0.6) is 17.2 Å². The number of hydrogen-bond donors (Lipinski definition) is 1. The van der Waals surface area contributed by atoms with Gasteiger partial charge in [-0.25, -0.2) is 0 Å². The first-order chi connectivity index (χ1) is 12.1. The quantitative estimate of drug-likeness (QED) is 0.872. The van der Waals surface area contributed by atoms with E-state index in [1.807, 2.05) is 50.2 Å². The topological polar surface area (TPSA) is 56.8 Å². The van der Waals surface area contributed by atoms with E-state index in [0.29, 0.717) is 18.0 Å². The van der Waals surface area contributed by atoms with Gasteiger partial charge in [0.05, 0.1) is 25.8 Å². The van der Waals surface area contributed by atoms with E-state index in [1.54, 1.807) is 7.11 Å². The van der Waals surface area contributed by atoms with E-state index < -0.39 is 0 Å². The van der Waals surface area contributed by atoms with E-state index in [4.69, 9.17) is 14.2 Å². The smallest absolute Gasteiger partial charge is 0.228 e. The van der Waals surface area contributed by atoms with Crippen LogP contribution in [0.25, 0.3) is 0 Å². The van der Waals surface area contributed by atoms with Gasteiger partial charge in [-0.3, -0.25) is 4.79 Å². The van der Waals surface area contributed by atoms with Gasteiger partial charge in [0.15, 0.2) is 0 Å². The zero-order chi connectivity index (χ0) is 17.8. The van der Waals surface area contributed by atoms with Crippen molar-refractivity contribution >= 4 is 11.6 Å². The summed E-state index contributed by atoms with van der Waals surface area (Å²) in [6, 6.07) is 11.3. The molecule has 132 valence electrons. The molecule has 0 aliphatic carbocycles. The van der Waals surface area contributed by atoms with Crippen LogP contribution in [0.2, 0.25) is 0 Å². The van der Waals surface area contributed by atoms with Crippen molar-refractivity contribution < 1.29 is 19.0 Å². The van der Waals surface area contributed by atoms with Gasteiger partial charge in [0.25, 0.3) is 0 Å². The molecule has 2 aromatic rings. The van der Waals surface area contributed by atoms with E-state index in [-0.39, 0.29) is 18.4 Å². The number of nitrogens with one attached hydrogen (secondary N) is 1. The fraction of sp³-hybridized carbons (Fsp3) is 0.350. The molecule has 1 aliphatic heterocycles. The largest absolute Gasteiger partial charge is 0.497 e. The van der Waals surface area contributed by atoms with Gasteiger partial charge >= 0.3 is 0 Å². The third kappa shape index (κ3) is 4.05. The number of amides is 1. The first-order valence-electron chi connectivity index (χ1n) is 8.48. The number of carbonyl (C=O) groups is 1. The molecule has 0 saturated carbocycles. The third-order valence-corrected chi connectivity index (χ3v) is 4.10. The lowest BCUT2D eigenvalue weighted by atomic mass is 10.1. The Labute approximate surface area is 147 Å². The van der Waals surface area contributed by atoms with Gasteiger partial charge in [0.2, 0.25) is 5.91 Å². The monoisotopic (exact) mass is 341 g/mol. The summed E-state index contributed by atoms with van der Waals surface area (Å²) >= 11 is 0. The summed E-state index contributed by atoms with van der Waals surface area (Å²) in [7, 11) is 1.62. The zero-order valence-electron chi connectivity index (χ0n) is 14.8. The predicted molar refractivity (Wildman–Crippen MR) is 96.7 cm³/mol. The normalized spacial score (nSPS) is 15.2. The van der Waals surface area contributed by atoms with Gasteiger partial charge in [-0.2, -0.15) is 0 Å². The molecule has 1 atom stereocenters. The van der Waals surface area contributed by atoms with Crippen molar-refractivity contribution in [2.75, 3.05) is 19.0 Å². The zero-order valence-corrected chi connectivity index (χ0v) is 14.8. The Morgan fingerprint density at radius 1 is 1.28 bits per heavy atom. The number of anilines is 1. The third-order valence-electron chi connectivity index (χ3n) is 4.10. The van der Waals surface area contributed by atoms with Crippen molar-refractivity contribution in [3.05, 3.63) is 47.5 Å². The van der Waals surface area contributed by atoms with Crippen molar-refractivity contribution in [1.82, 2.24) is 0 Å². The van der Waals surface area contributed by atoms with Crippen LogP contribution in [-0.4, -0.2) is 25.7 Å². The molecule has 0 fully saturated rings. The Hall–Kier alpha value is -2.69. The molecule has 0 spiro atoms. The number of benzene rings is 2. The van der Waals surface area contributed by atoms with E-state index in [1.165, 1.54) is 0 Å². The lowest BCUT2D eigenvalue weighted by Crippen LogP contribution is -2.15. The summed E-state index contributed by atoms with van der Waals surface area (Å²) in [4.78, 5) is 12.4. The Morgan fingerprint density at radius 2 is 2.04 bits per heavy atom. The molecule has 1 N–H and O–H groups in total. The molecule has 5 nitrogen and oxygen atoms in total. The van der Waals surface area contributed by atoms with Crippen molar-refractivity contribution in [2.24, 2.45) is 0 Å². The summed E-state index contributed by atoms with van der Waals surface area (Å²) < 4.78 is 16.6. The van der Waals surface area contributed by atoms with Crippen LogP contribution in [0, 0.1) is 0 Å². The van der Waals surface area contributed by atoms with E-state index in [2.05, 4.69) is 5.32 Å². The van der Waals surface area contributed by atoms with Crippen molar-refractivity contribution in [3.63, 3.8) is 0 Å². The maximum atomic E-state index is 12.4. The molecule has 25 heavy (non-hydrogen) atoms. The van der Waals surface area contributed by atoms with Crippen LogP contribution in [0.3, 0.4) is 0 Å². The van der Waals surface area contributed by atoms with E-state index >= 15 is 0 Å². The van der Waals surface area contributed by atoms with Crippen LogP contribution in [-0.2, 0) is 17.6 Å². The van der Waals surface area contributed by atoms with Gasteiger partial charge in [-0.15, -0.1) is 0 Å². The molecule has 0 saturated heterocycles. The highest BCUT2D eigenvalue weighted by Crippen LogP contribution is 2.38. The van der Waals surface area contributed by atoms with Gasteiger partial charge in [-0.05, 0) is 37.6 Å². The molecule has 3 rings (SSSR count). The lowest BCUT2D eigenvalue weighted by molar-refractivity contribution is -0.115. The minimum Gasteiger partial charge on any atom is -0.497 e. The van der Waals surface area contributed by atoms with Crippen LogP contribution in [0.4, 0.5) is 5.69 Å². The Bertz CT molecular complexity index is 755. The average Bonchev–Trinajstić information content (AvgIpc) is 2.95. The second kappa shape index (κ2) is 7.47. The molecule has 1 heterocycles. The fourth-order valence-electron chi connectivity index (χ4n) is 2.94. The van der Waals surface area contributed by atoms with E-state index in [0.717, 1.165) is 29.0 Å². The maximum Gasteiger partial charge on any atom is 0.228 e. The Morgan fingerprint density at radius 3 is 2.72 bits per heavy atom. The number of fused-ring (bicyclic) bond motifs is 1. The lowest BCUT2D eigenvalue weighted by Gasteiger charge is -2.13. The Kier molecular flexibility index (Phi) is 5.12. The summed E-state index contributed by atoms with van der Waals surface area (Å²) in [5, 5.41) is 2.94. The van der Waals surface area contributed by atoms with Gasteiger partial charge in [0, 0.05) is 18.1 Å². The van der Waals surface area contributed by atoms with Gasteiger partial charge < -0.3 is 19.5 Å². The first kappa shape index (κ1) is 17.1. The van der Waals surface area contributed by atoms with Crippen molar-refractivity contribution in [1.29, 1.82) is 0 Å². The molecule has 0 radical (unpaired) electrons. The van der Waals surface area contributed by atoms with Gasteiger partial charge in [0.1, 0.15) is 23.4 Å². The van der Waals surface area contributed by atoms with Crippen LogP contribution in [0.1, 0.15) is 25.0 Å². The summed E-state index contributed by atoms with van der Waals surface area (Å²) in [6.07, 6.45) is 1.29. The SMILES string of the molecule is CCOc1cc2c(cc1NC(=O)Cc1ccc(OC)cc1)O[C@H](C)C2. The molecule has 5 heteroatoms. The summed E-state index contributed by atoms with van der Waals surface area (Å²) in [5.74, 6) is 2.17.